The van der Waals surface area contributed by atoms with Crippen LogP contribution in [0.3, 0.4) is 0 Å². The van der Waals surface area contributed by atoms with Crippen molar-refractivity contribution >= 4 is 11.6 Å². The molecule has 48 heavy (non-hydrogen) atoms. The van der Waals surface area contributed by atoms with Gasteiger partial charge in [0, 0.05) is 11.1 Å². The maximum absolute atomic E-state index is 13.9. The van der Waals surface area contributed by atoms with E-state index in [4.69, 9.17) is 9.47 Å². The maximum Gasteiger partial charge on any atom is 0.171 e. The van der Waals surface area contributed by atoms with Crippen molar-refractivity contribution in [2.24, 2.45) is 11.8 Å². The number of likely N-dealkylation sites (tertiary alicyclic amines) is 2. The lowest BCUT2D eigenvalue weighted by Gasteiger charge is -2.28. The summed E-state index contributed by atoms with van der Waals surface area (Å²) in [6, 6.07) is 15.7. The number of rotatable bonds is 23. The molecule has 2 N–H and O–H groups in total. The monoisotopic (exact) mass is 663 g/mol. The van der Waals surface area contributed by atoms with E-state index in [9.17, 15) is 9.59 Å². The fourth-order valence-electron chi connectivity index (χ4n) is 7.63. The quantitative estimate of drug-likeness (QED) is 0.101. The van der Waals surface area contributed by atoms with Crippen molar-refractivity contribution in [2.45, 2.75) is 117 Å². The van der Waals surface area contributed by atoms with Gasteiger partial charge in [-0.2, -0.15) is 0 Å². The SMILES string of the molecule is CCCCCOc1ccc(C(=O)C(CCCCC(C[NH+]2CCCCC2)C(=O)c2ccc(OCCCCC)cc2)C[NH+]2CCCCC2)cc1. The Morgan fingerprint density at radius 3 is 1.27 bits per heavy atom. The minimum atomic E-state index is 0.0150. The summed E-state index contributed by atoms with van der Waals surface area (Å²) >= 11 is 0. The highest BCUT2D eigenvalue weighted by Gasteiger charge is 2.29. The molecular formula is C42H66N2O4+2. The highest BCUT2D eigenvalue weighted by atomic mass is 16.5. The summed E-state index contributed by atoms with van der Waals surface area (Å²) in [6.07, 6.45) is 18.2. The molecule has 0 spiro atoms. The molecule has 2 unspecified atom stereocenters. The summed E-state index contributed by atoms with van der Waals surface area (Å²) in [6.45, 7) is 12.4. The lowest BCUT2D eigenvalue weighted by Crippen LogP contribution is -3.13. The number of Topliss-reactive ketones (excluding diaryl/α,β-unsaturated/α-hetero) is 2. The second-order valence-electron chi connectivity index (χ2n) is 14.6. The Labute approximate surface area is 291 Å². The van der Waals surface area contributed by atoms with Gasteiger partial charge < -0.3 is 19.3 Å². The number of hydrogen-bond acceptors (Lipinski definition) is 4. The largest absolute Gasteiger partial charge is 0.494 e. The molecule has 2 atom stereocenters. The van der Waals surface area contributed by atoms with E-state index in [1.807, 2.05) is 48.5 Å². The van der Waals surface area contributed by atoms with Crippen LogP contribution in [0.2, 0.25) is 0 Å². The van der Waals surface area contributed by atoms with Crippen LogP contribution in [0.25, 0.3) is 0 Å². The Balaban J connectivity index is 1.35. The third-order valence-corrected chi connectivity index (χ3v) is 10.6. The first-order valence-corrected chi connectivity index (χ1v) is 19.8. The molecule has 2 aliphatic heterocycles. The van der Waals surface area contributed by atoms with Gasteiger partial charge >= 0.3 is 0 Å². The fraction of sp³-hybridized carbons (Fsp3) is 0.667. The highest BCUT2D eigenvalue weighted by molar-refractivity contribution is 5.98. The molecule has 2 heterocycles. The van der Waals surface area contributed by atoms with Crippen LogP contribution in [-0.4, -0.2) is 64.0 Å². The van der Waals surface area contributed by atoms with Crippen LogP contribution in [0, 0.1) is 11.8 Å². The summed E-state index contributed by atoms with van der Waals surface area (Å²) in [7, 11) is 0. The number of hydrogen-bond donors (Lipinski definition) is 2. The van der Waals surface area contributed by atoms with E-state index in [-0.39, 0.29) is 23.4 Å². The zero-order valence-corrected chi connectivity index (χ0v) is 30.4. The summed E-state index contributed by atoms with van der Waals surface area (Å²) in [5.41, 5.74) is 1.61. The molecule has 6 nitrogen and oxygen atoms in total. The average Bonchev–Trinajstić information content (AvgIpc) is 3.13. The van der Waals surface area contributed by atoms with Crippen LogP contribution in [0.5, 0.6) is 11.5 Å². The number of ether oxygens (including phenoxy) is 2. The van der Waals surface area contributed by atoms with E-state index in [1.54, 1.807) is 9.80 Å². The lowest BCUT2D eigenvalue weighted by molar-refractivity contribution is -0.907. The number of carbonyl (C=O) groups is 2. The van der Waals surface area contributed by atoms with E-state index in [0.29, 0.717) is 0 Å². The molecule has 2 aromatic rings. The van der Waals surface area contributed by atoms with Gasteiger partial charge in [-0.1, -0.05) is 52.4 Å². The van der Waals surface area contributed by atoms with Crippen LogP contribution < -0.4 is 19.3 Å². The Kier molecular flexibility index (Phi) is 17.5. The number of piperidine rings is 2. The van der Waals surface area contributed by atoms with Crippen LogP contribution >= 0.6 is 0 Å². The van der Waals surface area contributed by atoms with Crippen LogP contribution in [-0.2, 0) is 0 Å². The lowest BCUT2D eigenvalue weighted by atomic mass is 9.88. The molecule has 0 radical (unpaired) electrons. The van der Waals surface area contributed by atoms with Gasteiger partial charge in [0.15, 0.2) is 11.6 Å². The van der Waals surface area contributed by atoms with E-state index >= 15 is 0 Å². The van der Waals surface area contributed by atoms with Gasteiger partial charge in [-0.25, -0.2) is 0 Å². The molecule has 0 saturated carbocycles. The predicted octanol–water partition coefficient (Wildman–Crippen LogP) is 6.82. The van der Waals surface area contributed by atoms with Gasteiger partial charge in [-0.3, -0.25) is 9.59 Å². The van der Waals surface area contributed by atoms with Crippen molar-refractivity contribution in [1.29, 1.82) is 0 Å². The number of quaternary nitrogens is 2. The molecule has 0 aliphatic carbocycles. The Bertz CT molecular complexity index is 1080. The molecule has 2 aromatic carbocycles. The second kappa shape index (κ2) is 22.1. The van der Waals surface area contributed by atoms with Gasteiger partial charge in [0.25, 0.3) is 0 Å². The molecule has 266 valence electrons. The van der Waals surface area contributed by atoms with Crippen molar-refractivity contribution in [3.63, 3.8) is 0 Å². The first-order chi connectivity index (χ1) is 23.6. The zero-order chi connectivity index (χ0) is 33.8. The Morgan fingerprint density at radius 2 is 0.917 bits per heavy atom. The standard InChI is InChI=1S/C42H64N2O4/c1-3-5-15-31-47-39-23-19-35(20-24-39)41(45)37(33-43-27-11-7-12-28-43)17-9-10-18-38(34-44-29-13-8-14-30-44)42(46)36-21-25-40(26-22-36)48-32-16-6-4-2/h19-26,37-38H,3-18,27-34H2,1-2H3/p+2. The van der Waals surface area contributed by atoms with Gasteiger partial charge in [-0.05, 0) is 113 Å². The molecular weight excluding hydrogens is 596 g/mol. The summed E-state index contributed by atoms with van der Waals surface area (Å²) in [4.78, 5) is 31.0. The second-order valence-corrected chi connectivity index (χ2v) is 14.6. The Hall–Kier alpha value is -2.70. The number of benzene rings is 2. The van der Waals surface area contributed by atoms with Gasteiger partial charge in [0.05, 0.1) is 64.3 Å². The minimum Gasteiger partial charge on any atom is -0.494 e. The van der Waals surface area contributed by atoms with E-state index in [1.165, 1.54) is 90.4 Å². The molecule has 0 bridgehead atoms. The van der Waals surface area contributed by atoms with Crippen molar-refractivity contribution in [3.05, 3.63) is 59.7 Å². The normalized spacial score (nSPS) is 17.1. The number of unbranched alkanes of at least 4 members (excludes halogenated alkanes) is 5. The van der Waals surface area contributed by atoms with Gasteiger partial charge in [-0.15, -0.1) is 0 Å². The average molecular weight is 663 g/mol. The third-order valence-electron chi connectivity index (χ3n) is 10.6. The van der Waals surface area contributed by atoms with Gasteiger partial charge in [0.2, 0.25) is 0 Å². The highest BCUT2D eigenvalue weighted by Crippen LogP contribution is 2.22. The van der Waals surface area contributed by atoms with Crippen molar-refractivity contribution in [3.8, 4) is 11.5 Å². The maximum atomic E-state index is 13.9. The van der Waals surface area contributed by atoms with Crippen molar-refractivity contribution < 1.29 is 28.9 Å². The van der Waals surface area contributed by atoms with Crippen molar-refractivity contribution in [2.75, 3.05) is 52.5 Å². The number of carbonyl (C=O) groups excluding carboxylic acids is 2. The van der Waals surface area contributed by atoms with Gasteiger partial charge in [0.1, 0.15) is 11.5 Å². The summed E-state index contributed by atoms with van der Waals surface area (Å²) < 4.78 is 11.8. The topological polar surface area (TPSA) is 61.5 Å². The first-order valence-electron chi connectivity index (χ1n) is 19.8. The number of nitrogens with one attached hydrogen (secondary N) is 2. The zero-order valence-electron chi connectivity index (χ0n) is 30.4. The van der Waals surface area contributed by atoms with E-state index in [2.05, 4.69) is 13.8 Å². The molecule has 0 aromatic heterocycles. The van der Waals surface area contributed by atoms with E-state index in [0.717, 1.165) is 87.5 Å². The van der Waals surface area contributed by atoms with E-state index < -0.39 is 0 Å². The fourth-order valence-corrected chi connectivity index (χ4v) is 7.63. The molecule has 2 saturated heterocycles. The minimum absolute atomic E-state index is 0.0150. The smallest absolute Gasteiger partial charge is 0.171 e. The number of ketones is 2. The predicted molar refractivity (Wildman–Crippen MR) is 196 cm³/mol. The van der Waals surface area contributed by atoms with Crippen LogP contribution in [0.1, 0.15) is 137 Å². The van der Waals surface area contributed by atoms with Crippen molar-refractivity contribution in [1.82, 2.24) is 0 Å². The molecule has 4 rings (SSSR count). The molecule has 0 amide bonds. The third kappa shape index (κ3) is 13.3. The molecule has 2 fully saturated rings. The molecule has 2 aliphatic rings. The van der Waals surface area contributed by atoms with Crippen LogP contribution in [0.15, 0.2) is 48.5 Å². The summed E-state index contributed by atoms with van der Waals surface area (Å²) in [5, 5.41) is 0. The van der Waals surface area contributed by atoms with Crippen LogP contribution in [0.4, 0.5) is 0 Å². The summed E-state index contributed by atoms with van der Waals surface area (Å²) in [5.74, 6) is 2.27. The Morgan fingerprint density at radius 1 is 0.542 bits per heavy atom. The molecule has 6 heteroatoms. The first kappa shape index (κ1) is 38.1.